The highest BCUT2D eigenvalue weighted by Crippen LogP contribution is 2.26. The van der Waals surface area contributed by atoms with Gasteiger partial charge in [-0.05, 0) is 42.8 Å². The van der Waals surface area contributed by atoms with Crippen LogP contribution in [0.2, 0.25) is 0 Å². The van der Waals surface area contributed by atoms with Gasteiger partial charge >= 0.3 is 0 Å². The maximum absolute atomic E-state index is 9.73. The summed E-state index contributed by atoms with van der Waals surface area (Å²) in [6, 6.07) is 15.7. The molecule has 0 atom stereocenters. The van der Waals surface area contributed by atoms with Crippen molar-refractivity contribution in [1.82, 2.24) is 5.01 Å². The average molecular weight is 325 g/mol. The van der Waals surface area contributed by atoms with Gasteiger partial charge in [-0.15, -0.1) is 0 Å². The second-order valence-electron chi connectivity index (χ2n) is 5.68. The lowest BCUT2D eigenvalue weighted by molar-refractivity contribution is 0.272. The van der Waals surface area contributed by atoms with Crippen molar-refractivity contribution in [3.8, 4) is 11.5 Å². The molecule has 5 heteroatoms. The van der Waals surface area contributed by atoms with Gasteiger partial charge in [0.1, 0.15) is 0 Å². The van der Waals surface area contributed by atoms with E-state index in [2.05, 4.69) is 39.3 Å². The molecule has 0 aliphatic carbocycles. The summed E-state index contributed by atoms with van der Waals surface area (Å²) < 4.78 is 5.40. The molecule has 2 aromatic rings. The monoisotopic (exact) mass is 325 g/mol. The average Bonchev–Trinajstić information content (AvgIpc) is 2.64. The highest BCUT2D eigenvalue weighted by Gasteiger charge is 2.15. The van der Waals surface area contributed by atoms with Gasteiger partial charge in [0.05, 0.1) is 25.9 Å². The second kappa shape index (κ2) is 7.73. The maximum atomic E-state index is 9.73. The zero-order valence-electron chi connectivity index (χ0n) is 13.9. The first-order valence-corrected chi connectivity index (χ1v) is 8.31. The van der Waals surface area contributed by atoms with Crippen LogP contribution < -0.4 is 9.64 Å². The van der Waals surface area contributed by atoms with E-state index in [-0.39, 0.29) is 5.75 Å². The third-order valence-corrected chi connectivity index (χ3v) is 4.03. The Morgan fingerprint density at radius 1 is 1.08 bits per heavy atom. The maximum Gasteiger partial charge on any atom is 0.161 e. The number of phenols is 1. The Morgan fingerprint density at radius 3 is 2.54 bits per heavy atom. The second-order valence-corrected chi connectivity index (χ2v) is 5.68. The molecular weight excluding hydrogens is 302 g/mol. The van der Waals surface area contributed by atoms with E-state index in [1.54, 1.807) is 6.07 Å². The van der Waals surface area contributed by atoms with Crippen LogP contribution in [0.5, 0.6) is 11.5 Å². The van der Waals surface area contributed by atoms with E-state index < -0.39 is 0 Å². The van der Waals surface area contributed by atoms with Gasteiger partial charge in [-0.3, -0.25) is 5.01 Å². The van der Waals surface area contributed by atoms with E-state index >= 15 is 0 Å². The molecule has 0 amide bonds. The van der Waals surface area contributed by atoms with Gasteiger partial charge in [-0.1, -0.05) is 18.2 Å². The molecule has 126 valence electrons. The number of nitrogens with zero attached hydrogens (tertiary/aromatic N) is 3. The molecule has 2 aromatic carbocycles. The Labute approximate surface area is 142 Å². The van der Waals surface area contributed by atoms with Crippen LogP contribution in [-0.4, -0.2) is 49.1 Å². The SMILES string of the molecule is CCOc1cc(/C=N\N2CCN(c3ccccc3)CC2)ccc1O. The number of hydrogen-bond acceptors (Lipinski definition) is 5. The van der Waals surface area contributed by atoms with E-state index in [4.69, 9.17) is 4.74 Å². The molecule has 1 aliphatic heterocycles. The van der Waals surface area contributed by atoms with Crippen molar-refractivity contribution < 1.29 is 9.84 Å². The molecule has 0 bridgehead atoms. The highest BCUT2D eigenvalue weighted by atomic mass is 16.5. The summed E-state index contributed by atoms with van der Waals surface area (Å²) >= 11 is 0. The van der Waals surface area contributed by atoms with Crippen LogP contribution in [0.15, 0.2) is 53.6 Å². The number of aromatic hydroxyl groups is 1. The lowest BCUT2D eigenvalue weighted by Gasteiger charge is -2.34. The third kappa shape index (κ3) is 3.98. The fourth-order valence-electron chi connectivity index (χ4n) is 2.74. The summed E-state index contributed by atoms with van der Waals surface area (Å²) in [6.45, 7) is 6.12. The summed E-state index contributed by atoms with van der Waals surface area (Å²) in [5.74, 6) is 0.654. The first kappa shape index (κ1) is 16.2. The van der Waals surface area contributed by atoms with Crippen LogP contribution in [0, 0.1) is 0 Å². The molecule has 0 aromatic heterocycles. The Bertz CT molecular complexity index is 680. The Hall–Kier alpha value is -2.69. The van der Waals surface area contributed by atoms with Gasteiger partial charge in [0.2, 0.25) is 0 Å². The minimum atomic E-state index is 0.158. The summed E-state index contributed by atoms with van der Waals surface area (Å²) in [4.78, 5) is 2.37. The lowest BCUT2D eigenvalue weighted by Crippen LogP contribution is -2.44. The first-order valence-electron chi connectivity index (χ1n) is 8.31. The quantitative estimate of drug-likeness (QED) is 0.859. The fraction of sp³-hybridized carbons (Fsp3) is 0.316. The van der Waals surface area contributed by atoms with Gasteiger partial charge in [-0.25, -0.2) is 0 Å². The minimum absolute atomic E-state index is 0.158. The molecule has 0 unspecified atom stereocenters. The van der Waals surface area contributed by atoms with Crippen molar-refractivity contribution in [2.75, 3.05) is 37.7 Å². The van der Waals surface area contributed by atoms with E-state index in [0.717, 1.165) is 31.7 Å². The molecule has 1 N–H and O–H groups in total. The van der Waals surface area contributed by atoms with Crippen molar-refractivity contribution >= 4 is 11.9 Å². The summed E-state index contributed by atoms with van der Waals surface area (Å²) in [6.07, 6.45) is 1.82. The highest BCUT2D eigenvalue weighted by molar-refractivity contribution is 5.80. The van der Waals surface area contributed by atoms with Crippen molar-refractivity contribution in [3.63, 3.8) is 0 Å². The predicted octanol–water partition coefficient (Wildman–Crippen LogP) is 2.95. The number of benzene rings is 2. The molecule has 3 rings (SSSR count). The van der Waals surface area contributed by atoms with Crippen molar-refractivity contribution in [1.29, 1.82) is 0 Å². The third-order valence-electron chi connectivity index (χ3n) is 4.03. The minimum Gasteiger partial charge on any atom is -0.504 e. The summed E-state index contributed by atoms with van der Waals surface area (Å²) in [5, 5.41) is 16.4. The zero-order chi connectivity index (χ0) is 16.8. The molecule has 0 radical (unpaired) electrons. The smallest absolute Gasteiger partial charge is 0.161 e. The van der Waals surface area contributed by atoms with Crippen molar-refractivity contribution in [2.24, 2.45) is 5.10 Å². The van der Waals surface area contributed by atoms with Crippen LogP contribution in [0.3, 0.4) is 0 Å². The molecule has 0 saturated carbocycles. The topological polar surface area (TPSA) is 48.3 Å². The number of para-hydroxylation sites is 1. The number of hydrazone groups is 1. The summed E-state index contributed by atoms with van der Waals surface area (Å²) in [5.41, 5.74) is 2.18. The summed E-state index contributed by atoms with van der Waals surface area (Å²) in [7, 11) is 0. The predicted molar refractivity (Wildman–Crippen MR) is 97.1 cm³/mol. The standard InChI is InChI=1S/C19H23N3O2/c1-2-24-19-14-16(8-9-18(19)23)15-20-22-12-10-21(11-13-22)17-6-4-3-5-7-17/h3-9,14-15,23H,2,10-13H2,1H3/b20-15-. The molecule has 24 heavy (non-hydrogen) atoms. The molecule has 1 heterocycles. The molecule has 0 spiro atoms. The number of rotatable bonds is 5. The molecular formula is C19H23N3O2. The van der Waals surface area contributed by atoms with Gasteiger partial charge < -0.3 is 14.7 Å². The van der Waals surface area contributed by atoms with Gasteiger partial charge in [0.25, 0.3) is 0 Å². The number of ether oxygens (including phenoxy) is 1. The molecule has 1 saturated heterocycles. The lowest BCUT2D eigenvalue weighted by atomic mass is 10.2. The van der Waals surface area contributed by atoms with E-state index in [1.165, 1.54) is 5.69 Å². The normalized spacial score (nSPS) is 15.0. The number of hydrogen-bond donors (Lipinski definition) is 1. The number of phenolic OH excluding ortho intramolecular Hbond substituents is 1. The Morgan fingerprint density at radius 2 is 1.83 bits per heavy atom. The zero-order valence-corrected chi connectivity index (χ0v) is 13.9. The molecule has 1 fully saturated rings. The number of piperazine rings is 1. The molecule has 5 nitrogen and oxygen atoms in total. The number of anilines is 1. The van der Waals surface area contributed by atoms with Gasteiger partial charge in [0.15, 0.2) is 11.5 Å². The van der Waals surface area contributed by atoms with Gasteiger partial charge in [0, 0.05) is 18.8 Å². The van der Waals surface area contributed by atoms with Crippen LogP contribution in [0.25, 0.3) is 0 Å². The van der Waals surface area contributed by atoms with Gasteiger partial charge in [-0.2, -0.15) is 5.10 Å². The van der Waals surface area contributed by atoms with E-state index in [1.807, 2.05) is 31.3 Å². The largest absolute Gasteiger partial charge is 0.504 e. The molecule has 1 aliphatic rings. The van der Waals surface area contributed by atoms with Crippen molar-refractivity contribution in [2.45, 2.75) is 6.92 Å². The van der Waals surface area contributed by atoms with Crippen molar-refractivity contribution in [3.05, 3.63) is 54.1 Å². The first-order chi connectivity index (χ1) is 11.8. The Balaban J connectivity index is 1.58. The van der Waals surface area contributed by atoms with E-state index in [9.17, 15) is 5.11 Å². The van der Waals surface area contributed by atoms with E-state index in [0.29, 0.717) is 12.4 Å². The van der Waals surface area contributed by atoms with Crippen LogP contribution in [-0.2, 0) is 0 Å². The Kier molecular flexibility index (Phi) is 5.21. The van der Waals surface area contributed by atoms with Crippen LogP contribution in [0.4, 0.5) is 5.69 Å². The van der Waals surface area contributed by atoms with Crippen LogP contribution >= 0.6 is 0 Å². The fourth-order valence-corrected chi connectivity index (χ4v) is 2.74. The van der Waals surface area contributed by atoms with Crippen LogP contribution in [0.1, 0.15) is 12.5 Å².